The number of aromatic nitrogens is 1. The van der Waals surface area contributed by atoms with Crippen molar-refractivity contribution in [1.29, 1.82) is 0 Å². The van der Waals surface area contributed by atoms with Gasteiger partial charge in [0.25, 0.3) is 0 Å². The topological polar surface area (TPSA) is 59.2 Å². The molecule has 1 aromatic carbocycles. The molecule has 0 aliphatic heterocycles. The summed E-state index contributed by atoms with van der Waals surface area (Å²) >= 11 is 0. The van der Waals surface area contributed by atoms with E-state index in [1.54, 1.807) is 6.20 Å². The number of benzene rings is 1. The Kier molecular flexibility index (Phi) is 4.93. The second-order valence-electron chi connectivity index (χ2n) is 5.36. The molecule has 0 aliphatic carbocycles. The van der Waals surface area contributed by atoms with Gasteiger partial charge >= 0.3 is 0 Å². The van der Waals surface area contributed by atoms with Crippen LogP contribution in [0.15, 0.2) is 48.7 Å². The molecule has 0 radical (unpaired) electrons. The maximum atomic E-state index is 12.5. The van der Waals surface area contributed by atoms with Crippen molar-refractivity contribution in [2.75, 3.05) is 5.73 Å². The largest absolute Gasteiger partial charge is 0.399 e. The Hall–Kier alpha value is -2.36. The number of nitrogens with two attached hydrogens (primary N) is 1. The Morgan fingerprint density at radius 1 is 1.24 bits per heavy atom. The molecule has 21 heavy (non-hydrogen) atoms. The third-order valence-corrected chi connectivity index (χ3v) is 3.31. The Labute approximate surface area is 125 Å². The van der Waals surface area contributed by atoms with Crippen molar-refractivity contribution < 1.29 is 4.79 Å². The lowest BCUT2D eigenvalue weighted by molar-refractivity contribution is -0.132. The van der Waals surface area contributed by atoms with Crippen molar-refractivity contribution in [2.24, 2.45) is 0 Å². The van der Waals surface area contributed by atoms with Crippen LogP contribution in [0.2, 0.25) is 0 Å². The smallest absolute Gasteiger partial charge is 0.227 e. The molecule has 0 unspecified atom stereocenters. The molecule has 2 rings (SSSR count). The average Bonchev–Trinajstić information content (AvgIpc) is 2.45. The van der Waals surface area contributed by atoms with Gasteiger partial charge in [0.1, 0.15) is 0 Å². The monoisotopic (exact) mass is 283 g/mol. The maximum Gasteiger partial charge on any atom is 0.227 e. The van der Waals surface area contributed by atoms with Gasteiger partial charge in [0.15, 0.2) is 0 Å². The van der Waals surface area contributed by atoms with Crippen LogP contribution >= 0.6 is 0 Å². The fourth-order valence-corrected chi connectivity index (χ4v) is 2.20. The molecule has 2 aromatic rings. The lowest BCUT2D eigenvalue weighted by Crippen LogP contribution is -2.37. The van der Waals surface area contributed by atoms with Crippen molar-refractivity contribution in [3.63, 3.8) is 0 Å². The number of nitrogens with zero attached hydrogens (tertiary/aromatic N) is 2. The quantitative estimate of drug-likeness (QED) is 0.858. The van der Waals surface area contributed by atoms with Crippen LogP contribution in [0.5, 0.6) is 0 Å². The highest BCUT2D eigenvalue weighted by Crippen LogP contribution is 2.12. The molecule has 0 spiro atoms. The molecule has 0 saturated carbocycles. The van der Waals surface area contributed by atoms with E-state index in [1.165, 1.54) is 0 Å². The van der Waals surface area contributed by atoms with Crippen LogP contribution in [-0.4, -0.2) is 21.8 Å². The van der Waals surface area contributed by atoms with Crippen LogP contribution in [0.25, 0.3) is 0 Å². The lowest BCUT2D eigenvalue weighted by atomic mass is 10.1. The van der Waals surface area contributed by atoms with Gasteiger partial charge in [-0.1, -0.05) is 18.2 Å². The molecular weight excluding hydrogens is 262 g/mol. The first-order valence-electron chi connectivity index (χ1n) is 7.10. The summed E-state index contributed by atoms with van der Waals surface area (Å²) in [4.78, 5) is 18.7. The summed E-state index contributed by atoms with van der Waals surface area (Å²) in [6.45, 7) is 4.56. The van der Waals surface area contributed by atoms with Gasteiger partial charge in [-0.15, -0.1) is 0 Å². The number of rotatable bonds is 5. The van der Waals surface area contributed by atoms with E-state index in [9.17, 15) is 4.79 Å². The molecule has 2 N–H and O–H groups in total. The minimum atomic E-state index is 0.0845. The summed E-state index contributed by atoms with van der Waals surface area (Å²) in [5.74, 6) is 0.0845. The molecule has 1 heterocycles. The fraction of sp³-hybridized carbons (Fsp3) is 0.294. The number of nitrogen functional groups attached to an aromatic ring is 1. The molecule has 0 fully saturated rings. The molecule has 110 valence electrons. The third-order valence-electron chi connectivity index (χ3n) is 3.31. The van der Waals surface area contributed by atoms with E-state index in [0.29, 0.717) is 18.7 Å². The Bertz CT molecular complexity index is 596. The normalized spacial score (nSPS) is 10.6. The van der Waals surface area contributed by atoms with Crippen molar-refractivity contribution in [3.05, 3.63) is 59.9 Å². The van der Waals surface area contributed by atoms with Crippen LogP contribution in [-0.2, 0) is 17.8 Å². The molecule has 0 saturated heterocycles. The van der Waals surface area contributed by atoms with Gasteiger partial charge in [-0.3, -0.25) is 9.78 Å². The highest BCUT2D eigenvalue weighted by molar-refractivity contribution is 5.79. The lowest BCUT2D eigenvalue weighted by Gasteiger charge is -2.26. The van der Waals surface area contributed by atoms with E-state index in [0.717, 1.165) is 11.3 Å². The highest BCUT2D eigenvalue weighted by Gasteiger charge is 2.18. The van der Waals surface area contributed by atoms with Crippen LogP contribution < -0.4 is 5.73 Å². The summed E-state index contributed by atoms with van der Waals surface area (Å²) in [7, 11) is 0. The van der Waals surface area contributed by atoms with Crippen LogP contribution in [0.4, 0.5) is 5.69 Å². The third kappa shape index (κ3) is 4.31. The number of carbonyl (C=O) groups is 1. The molecule has 1 amide bonds. The molecule has 0 aliphatic rings. The summed E-state index contributed by atoms with van der Waals surface area (Å²) in [6.07, 6.45) is 2.10. The first kappa shape index (κ1) is 15.0. The average molecular weight is 283 g/mol. The predicted molar refractivity (Wildman–Crippen MR) is 84.5 cm³/mol. The Morgan fingerprint density at radius 3 is 2.67 bits per heavy atom. The molecule has 4 heteroatoms. The van der Waals surface area contributed by atoms with Crippen LogP contribution in [0.1, 0.15) is 25.1 Å². The number of hydrogen-bond donors (Lipinski definition) is 1. The van der Waals surface area contributed by atoms with Gasteiger partial charge < -0.3 is 10.6 Å². The minimum Gasteiger partial charge on any atom is -0.399 e. The summed E-state index contributed by atoms with van der Waals surface area (Å²) in [5.41, 5.74) is 8.27. The number of amides is 1. The number of pyridine rings is 1. The van der Waals surface area contributed by atoms with Gasteiger partial charge in [-0.2, -0.15) is 0 Å². The summed E-state index contributed by atoms with van der Waals surface area (Å²) in [5, 5.41) is 0. The second-order valence-corrected chi connectivity index (χ2v) is 5.36. The first-order chi connectivity index (χ1) is 10.1. The number of hydrogen-bond acceptors (Lipinski definition) is 3. The zero-order valence-corrected chi connectivity index (χ0v) is 12.5. The van der Waals surface area contributed by atoms with Gasteiger partial charge in [-0.05, 0) is 43.7 Å². The van der Waals surface area contributed by atoms with E-state index in [2.05, 4.69) is 4.98 Å². The molecule has 4 nitrogen and oxygen atoms in total. The zero-order valence-electron chi connectivity index (χ0n) is 12.5. The van der Waals surface area contributed by atoms with Crippen molar-refractivity contribution in [1.82, 2.24) is 9.88 Å². The Balaban J connectivity index is 2.09. The SMILES string of the molecule is CC(C)N(Cc1ccccn1)C(=O)Cc1cccc(N)c1. The molecule has 0 bridgehead atoms. The second kappa shape index (κ2) is 6.88. The first-order valence-corrected chi connectivity index (χ1v) is 7.10. The summed E-state index contributed by atoms with van der Waals surface area (Å²) in [6, 6.07) is 13.3. The minimum absolute atomic E-state index is 0.0845. The van der Waals surface area contributed by atoms with E-state index < -0.39 is 0 Å². The van der Waals surface area contributed by atoms with Gasteiger partial charge in [0.2, 0.25) is 5.91 Å². The zero-order chi connectivity index (χ0) is 15.2. The van der Waals surface area contributed by atoms with Gasteiger partial charge in [0, 0.05) is 17.9 Å². The standard InChI is InChI=1S/C17H21N3O/c1-13(2)20(12-16-8-3-4-9-19-16)17(21)11-14-6-5-7-15(18)10-14/h3-10,13H,11-12,18H2,1-2H3. The predicted octanol–water partition coefficient (Wildman–Crippen LogP) is 2.64. The summed E-state index contributed by atoms with van der Waals surface area (Å²) < 4.78 is 0. The van der Waals surface area contributed by atoms with Crippen molar-refractivity contribution >= 4 is 11.6 Å². The van der Waals surface area contributed by atoms with Crippen molar-refractivity contribution in [3.8, 4) is 0 Å². The molecule has 0 atom stereocenters. The van der Waals surface area contributed by atoms with E-state index in [1.807, 2.05) is 61.2 Å². The van der Waals surface area contributed by atoms with Gasteiger partial charge in [-0.25, -0.2) is 0 Å². The van der Waals surface area contributed by atoms with E-state index >= 15 is 0 Å². The van der Waals surface area contributed by atoms with Crippen LogP contribution in [0.3, 0.4) is 0 Å². The van der Waals surface area contributed by atoms with E-state index in [4.69, 9.17) is 5.73 Å². The number of carbonyl (C=O) groups excluding carboxylic acids is 1. The fourth-order valence-electron chi connectivity index (χ4n) is 2.20. The van der Waals surface area contributed by atoms with Crippen molar-refractivity contribution in [2.45, 2.75) is 32.9 Å². The van der Waals surface area contributed by atoms with Crippen LogP contribution in [0, 0.1) is 0 Å². The maximum absolute atomic E-state index is 12.5. The Morgan fingerprint density at radius 2 is 2.05 bits per heavy atom. The number of anilines is 1. The molecule has 1 aromatic heterocycles. The molecular formula is C17H21N3O. The highest BCUT2D eigenvalue weighted by atomic mass is 16.2. The van der Waals surface area contributed by atoms with Gasteiger partial charge in [0.05, 0.1) is 18.7 Å². The van der Waals surface area contributed by atoms with E-state index in [-0.39, 0.29) is 11.9 Å².